The monoisotopic (exact) mass is 145 g/mol. The minimum absolute atomic E-state index is 0.284. The summed E-state index contributed by atoms with van der Waals surface area (Å²) in [5, 5.41) is 0. The molecule has 4 nitrogen and oxygen atoms in total. The number of rotatable bonds is 4. The first-order valence-electron chi connectivity index (χ1n) is 2.78. The van der Waals surface area contributed by atoms with Crippen LogP contribution in [0.2, 0.25) is 0 Å². The van der Waals surface area contributed by atoms with E-state index in [-0.39, 0.29) is 6.61 Å². The Balaban J connectivity index is 3.59. The van der Waals surface area contributed by atoms with Gasteiger partial charge in [-0.2, -0.15) is 0 Å². The van der Waals surface area contributed by atoms with Gasteiger partial charge in [-0.25, -0.2) is 4.79 Å². The highest BCUT2D eigenvalue weighted by Gasteiger charge is 2.05. The van der Waals surface area contributed by atoms with Gasteiger partial charge < -0.3 is 15.2 Å². The highest BCUT2D eigenvalue weighted by molar-refractivity contribution is 5.65. The largest absolute Gasteiger partial charge is 0.440 e. The van der Waals surface area contributed by atoms with Crippen LogP contribution in [0.1, 0.15) is 0 Å². The van der Waals surface area contributed by atoms with Crippen molar-refractivity contribution in [1.82, 2.24) is 0 Å². The fourth-order valence-corrected chi connectivity index (χ4v) is 0.464. The summed E-state index contributed by atoms with van der Waals surface area (Å²) in [6.07, 6.45) is 0.193. The SMILES string of the molecule is C=CC(COC)OC(N)=O. The van der Waals surface area contributed by atoms with Gasteiger partial charge in [0.25, 0.3) is 0 Å². The second-order valence-corrected chi connectivity index (χ2v) is 1.67. The van der Waals surface area contributed by atoms with E-state index < -0.39 is 12.2 Å². The fourth-order valence-electron chi connectivity index (χ4n) is 0.464. The van der Waals surface area contributed by atoms with Crippen LogP contribution < -0.4 is 5.73 Å². The summed E-state index contributed by atoms with van der Waals surface area (Å²) in [6, 6.07) is 0. The predicted molar refractivity (Wildman–Crippen MR) is 36.5 cm³/mol. The van der Waals surface area contributed by atoms with Crippen LogP contribution >= 0.6 is 0 Å². The zero-order valence-corrected chi connectivity index (χ0v) is 5.87. The van der Waals surface area contributed by atoms with Crippen molar-refractivity contribution >= 4 is 6.09 Å². The van der Waals surface area contributed by atoms with Crippen molar-refractivity contribution in [2.24, 2.45) is 5.73 Å². The second kappa shape index (κ2) is 4.81. The van der Waals surface area contributed by atoms with Crippen LogP contribution in [-0.2, 0) is 9.47 Å². The van der Waals surface area contributed by atoms with Gasteiger partial charge in [-0.1, -0.05) is 6.58 Å². The molecule has 0 spiro atoms. The number of amides is 1. The van der Waals surface area contributed by atoms with E-state index in [2.05, 4.69) is 11.3 Å². The molecule has 0 bridgehead atoms. The maximum absolute atomic E-state index is 10.1. The lowest BCUT2D eigenvalue weighted by atomic mass is 10.4. The Bertz CT molecular complexity index is 124. The van der Waals surface area contributed by atoms with Gasteiger partial charge in [0.1, 0.15) is 6.10 Å². The first-order valence-corrected chi connectivity index (χ1v) is 2.78. The summed E-state index contributed by atoms with van der Waals surface area (Å²) in [5.41, 5.74) is 4.73. The molecule has 10 heavy (non-hydrogen) atoms. The van der Waals surface area contributed by atoms with Crippen LogP contribution in [0, 0.1) is 0 Å². The van der Waals surface area contributed by atoms with Crippen LogP contribution in [0.5, 0.6) is 0 Å². The molecule has 1 unspecified atom stereocenters. The molecule has 0 saturated heterocycles. The van der Waals surface area contributed by atoms with Gasteiger partial charge in [0.2, 0.25) is 0 Å². The number of carbonyl (C=O) groups is 1. The number of hydrogen-bond donors (Lipinski definition) is 1. The number of methoxy groups -OCH3 is 1. The van der Waals surface area contributed by atoms with Crippen molar-refractivity contribution < 1.29 is 14.3 Å². The second-order valence-electron chi connectivity index (χ2n) is 1.67. The molecule has 0 rings (SSSR count). The molecule has 0 aromatic rings. The Morgan fingerprint density at radius 3 is 2.80 bits per heavy atom. The van der Waals surface area contributed by atoms with Gasteiger partial charge in [-0.15, -0.1) is 0 Å². The van der Waals surface area contributed by atoms with Gasteiger partial charge in [-0.05, 0) is 6.08 Å². The summed E-state index contributed by atoms with van der Waals surface area (Å²) in [6.45, 7) is 3.70. The minimum Gasteiger partial charge on any atom is -0.440 e. The third-order valence-corrected chi connectivity index (χ3v) is 0.861. The van der Waals surface area contributed by atoms with Crippen LogP contribution in [0.15, 0.2) is 12.7 Å². The average Bonchev–Trinajstić information content (AvgIpc) is 1.86. The summed E-state index contributed by atoms with van der Waals surface area (Å²) in [7, 11) is 1.50. The normalized spacial score (nSPS) is 12.1. The van der Waals surface area contributed by atoms with Gasteiger partial charge >= 0.3 is 6.09 Å². The molecule has 0 aromatic heterocycles. The van der Waals surface area contributed by atoms with Crippen molar-refractivity contribution in [3.05, 3.63) is 12.7 Å². The van der Waals surface area contributed by atoms with Crippen LogP contribution in [0.3, 0.4) is 0 Å². The Morgan fingerprint density at radius 1 is 1.90 bits per heavy atom. The lowest BCUT2D eigenvalue weighted by Crippen LogP contribution is -2.24. The first kappa shape index (κ1) is 8.97. The summed E-state index contributed by atoms with van der Waals surface area (Å²) in [4.78, 5) is 10.1. The number of ether oxygens (including phenoxy) is 2. The van der Waals surface area contributed by atoms with E-state index in [4.69, 9.17) is 10.5 Å². The smallest absolute Gasteiger partial charge is 0.405 e. The molecule has 0 fully saturated rings. The Hall–Kier alpha value is -1.03. The Kier molecular flexibility index (Phi) is 4.32. The van der Waals surface area contributed by atoms with Gasteiger partial charge in [0.05, 0.1) is 6.61 Å². The lowest BCUT2D eigenvalue weighted by Gasteiger charge is -2.09. The Labute approximate surface area is 59.6 Å². The number of carbonyl (C=O) groups excluding carboxylic acids is 1. The van der Waals surface area contributed by atoms with Gasteiger partial charge in [0, 0.05) is 7.11 Å². The van der Waals surface area contributed by atoms with E-state index in [9.17, 15) is 4.79 Å². The highest BCUT2D eigenvalue weighted by Crippen LogP contribution is 1.92. The van der Waals surface area contributed by atoms with Crippen molar-refractivity contribution in [1.29, 1.82) is 0 Å². The zero-order valence-electron chi connectivity index (χ0n) is 5.87. The molecule has 0 radical (unpaired) electrons. The standard InChI is InChI=1S/C6H11NO3/c1-3-5(4-9-2)10-6(7)8/h3,5H,1,4H2,2H3,(H2,7,8). The van der Waals surface area contributed by atoms with E-state index in [0.29, 0.717) is 0 Å². The van der Waals surface area contributed by atoms with Crippen LogP contribution in [0.4, 0.5) is 4.79 Å². The van der Waals surface area contributed by atoms with Crippen LogP contribution in [0.25, 0.3) is 0 Å². The summed E-state index contributed by atoms with van der Waals surface area (Å²) < 4.78 is 9.23. The number of primary amides is 1. The highest BCUT2D eigenvalue weighted by atomic mass is 16.6. The van der Waals surface area contributed by atoms with E-state index in [0.717, 1.165) is 0 Å². The summed E-state index contributed by atoms with van der Waals surface area (Å²) >= 11 is 0. The Morgan fingerprint density at radius 2 is 2.50 bits per heavy atom. The maximum Gasteiger partial charge on any atom is 0.405 e. The molecule has 0 heterocycles. The van der Waals surface area contributed by atoms with Crippen molar-refractivity contribution in [3.8, 4) is 0 Å². The summed E-state index contributed by atoms with van der Waals surface area (Å²) in [5.74, 6) is 0. The topological polar surface area (TPSA) is 61.6 Å². The van der Waals surface area contributed by atoms with E-state index in [1.807, 2.05) is 0 Å². The third kappa shape index (κ3) is 3.91. The molecule has 0 aliphatic rings. The number of hydrogen-bond acceptors (Lipinski definition) is 3. The van der Waals surface area contributed by atoms with Crippen molar-refractivity contribution in [2.75, 3.05) is 13.7 Å². The van der Waals surface area contributed by atoms with Gasteiger partial charge in [-0.3, -0.25) is 0 Å². The molecule has 2 N–H and O–H groups in total. The first-order chi connectivity index (χ1) is 4.70. The fraction of sp³-hybridized carbons (Fsp3) is 0.500. The molecule has 0 saturated carbocycles. The quantitative estimate of drug-likeness (QED) is 0.578. The molecule has 0 aliphatic carbocycles. The predicted octanol–water partition coefficient (Wildman–Crippen LogP) is 0.283. The number of nitrogens with two attached hydrogens (primary N) is 1. The lowest BCUT2D eigenvalue weighted by molar-refractivity contribution is 0.0685. The maximum atomic E-state index is 10.1. The molecular formula is C6H11NO3. The van der Waals surface area contributed by atoms with E-state index in [1.165, 1.54) is 13.2 Å². The minimum atomic E-state index is -0.818. The molecule has 58 valence electrons. The van der Waals surface area contributed by atoms with Crippen LogP contribution in [-0.4, -0.2) is 25.9 Å². The van der Waals surface area contributed by atoms with Gasteiger partial charge in [0.15, 0.2) is 0 Å². The average molecular weight is 145 g/mol. The third-order valence-electron chi connectivity index (χ3n) is 0.861. The zero-order chi connectivity index (χ0) is 7.98. The van der Waals surface area contributed by atoms with E-state index >= 15 is 0 Å². The van der Waals surface area contributed by atoms with E-state index in [1.54, 1.807) is 0 Å². The van der Waals surface area contributed by atoms with Crippen molar-refractivity contribution in [3.63, 3.8) is 0 Å². The molecule has 4 heteroatoms. The molecular weight excluding hydrogens is 134 g/mol. The molecule has 1 amide bonds. The van der Waals surface area contributed by atoms with Crippen molar-refractivity contribution in [2.45, 2.75) is 6.10 Å². The molecule has 0 aliphatic heterocycles. The molecule has 1 atom stereocenters. The molecule has 0 aromatic carbocycles.